The number of hydrogen-bond acceptors (Lipinski definition) is 3. The van der Waals surface area contributed by atoms with Gasteiger partial charge in [0.2, 0.25) is 0 Å². The Hall–Kier alpha value is -1.55. The highest BCUT2D eigenvalue weighted by Gasteiger charge is 2.14. The normalized spacial score (nSPS) is 20.6. The van der Waals surface area contributed by atoms with Crippen LogP contribution in [0.15, 0.2) is 30.5 Å². The van der Waals surface area contributed by atoms with Crippen molar-refractivity contribution in [2.24, 2.45) is 5.92 Å². The number of para-hydroxylation sites is 1. The van der Waals surface area contributed by atoms with E-state index in [0.717, 1.165) is 30.6 Å². The molecule has 0 bridgehead atoms. The third kappa shape index (κ3) is 2.26. The van der Waals surface area contributed by atoms with E-state index in [-0.39, 0.29) is 0 Å². The zero-order chi connectivity index (χ0) is 11.5. The molecule has 0 radical (unpaired) electrons. The summed E-state index contributed by atoms with van der Waals surface area (Å²) in [7, 11) is 0. The lowest BCUT2D eigenvalue weighted by molar-refractivity contribution is 0.0577. The summed E-state index contributed by atoms with van der Waals surface area (Å²) in [5.41, 5.74) is 1.04. The molecule has 0 spiro atoms. The Morgan fingerprint density at radius 2 is 2.35 bits per heavy atom. The first-order valence-electron chi connectivity index (χ1n) is 6.20. The average molecular weight is 231 g/mol. The van der Waals surface area contributed by atoms with Crippen LogP contribution in [0, 0.1) is 5.92 Å². The molecule has 1 aliphatic rings. The molecule has 1 fully saturated rings. The first-order valence-corrected chi connectivity index (χ1v) is 6.20. The van der Waals surface area contributed by atoms with Crippen LogP contribution in [0.2, 0.25) is 0 Å². The molecule has 1 saturated heterocycles. The van der Waals surface area contributed by atoms with Gasteiger partial charge in [-0.1, -0.05) is 23.0 Å². The second-order valence-electron chi connectivity index (χ2n) is 4.58. The molecule has 1 aromatic carbocycles. The quantitative estimate of drug-likeness (QED) is 0.869. The topological polar surface area (TPSA) is 39.1 Å². The molecule has 17 heavy (non-hydrogen) atoms. The summed E-state index contributed by atoms with van der Waals surface area (Å²) in [6.45, 7) is 2.93. The molecule has 1 aliphatic heterocycles. The van der Waals surface area contributed by atoms with Crippen LogP contribution in [-0.2, 0) is 0 Å². The summed E-state index contributed by atoms with van der Waals surface area (Å²) in [6.07, 6.45) is 4.33. The molecule has 1 atom stereocenters. The zero-order valence-corrected chi connectivity index (χ0v) is 9.80. The third-order valence-electron chi connectivity index (χ3n) is 3.28. The molecule has 4 heteroatoms. The van der Waals surface area contributed by atoms with Gasteiger partial charge in [0.15, 0.2) is 0 Å². The average Bonchev–Trinajstić information content (AvgIpc) is 2.81. The minimum absolute atomic E-state index is 0.603. The van der Waals surface area contributed by atoms with Gasteiger partial charge in [0, 0.05) is 17.8 Å². The van der Waals surface area contributed by atoms with Crippen LogP contribution in [0.4, 0.5) is 0 Å². The number of nitrogens with zero attached hydrogens (tertiary/aromatic N) is 2. The molecule has 0 saturated carbocycles. The summed E-state index contributed by atoms with van der Waals surface area (Å²) in [6, 6.07) is 8.09. The van der Waals surface area contributed by atoms with Crippen LogP contribution in [0.3, 0.4) is 0 Å². The fourth-order valence-electron chi connectivity index (χ4n) is 2.29. The number of fused-ring (bicyclic) bond motifs is 1. The lowest BCUT2D eigenvalue weighted by Crippen LogP contribution is -2.34. The van der Waals surface area contributed by atoms with E-state index in [2.05, 4.69) is 10.4 Å². The molecule has 2 heterocycles. The van der Waals surface area contributed by atoms with Gasteiger partial charge in [-0.05, 0) is 25.5 Å². The van der Waals surface area contributed by atoms with Gasteiger partial charge in [-0.2, -0.15) is 0 Å². The summed E-state index contributed by atoms with van der Waals surface area (Å²) in [5.74, 6) is 0.603. The Morgan fingerprint density at radius 1 is 1.41 bits per heavy atom. The summed E-state index contributed by atoms with van der Waals surface area (Å²) in [4.78, 5) is 7.41. The number of benzene rings is 1. The minimum Gasteiger partial charge on any atom is -0.396 e. The Morgan fingerprint density at radius 3 is 3.24 bits per heavy atom. The maximum Gasteiger partial charge on any atom is 0.121 e. The summed E-state index contributed by atoms with van der Waals surface area (Å²) in [5, 5.41) is 8.77. The van der Waals surface area contributed by atoms with Crippen LogP contribution >= 0.6 is 0 Å². The van der Waals surface area contributed by atoms with Crippen LogP contribution in [0.25, 0.3) is 10.9 Å². The highest BCUT2D eigenvalue weighted by Crippen LogP contribution is 2.13. The molecule has 1 aromatic heterocycles. The molecule has 2 aromatic rings. The fourth-order valence-corrected chi connectivity index (χ4v) is 2.29. The van der Waals surface area contributed by atoms with Crippen molar-refractivity contribution in [3.05, 3.63) is 30.5 Å². The van der Waals surface area contributed by atoms with Crippen LogP contribution < -0.4 is 10.2 Å². The van der Waals surface area contributed by atoms with Gasteiger partial charge in [-0.3, -0.25) is 0 Å². The van der Waals surface area contributed by atoms with Crippen molar-refractivity contribution in [2.75, 3.05) is 19.7 Å². The maximum absolute atomic E-state index is 5.76. The fraction of sp³-hybridized carbons (Fsp3) is 0.462. The molecule has 0 aliphatic carbocycles. The zero-order valence-electron chi connectivity index (χ0n) is 9.80. The molecular weight excluding hydrogens is 214 g/mol. The Balaban J connectivity index is 1.68. The van der Waals surface area contributed by atoms with Crippen LogP contribution in [0.5, 0.6) is 0 Å². The van der Waals surface area contributed by atoms with E-state index in [9.17, 15) is 0 Å². The first-order chi connectivity index (χ1) is 8.43. The van der Waals surface area contributed by atoms with Crippen molar-refractivity contribution in [1.29, 1.82) is 0 Å². The van der Waals surface area contributed by atoms with E-state index in [4.69, 9.17) is 4.84 Å². The van der Waals surface area contributed by atoms with E-state index in [1.54, 1.807) is 4.85 Å². The second kappa shape index (κ2) is 4.75. The molecule has 90 valence electrons. The van der Waals surface area contributed by atoms with Crippen LogP contribution in [-0.4, -0.2) is 29.6 Å². The van der Waals surface area contributed by atoms with Crippen LogP contribution in [0.1, 0.15) is 12.8 Å². The standard InChI is InChI=1S/C13H17N3O/c1-2-6-13-12(5-1)9-15-16(13)17-10-11-4-3-7-14-8-11/h1-2,5-6,9,11,14H,3-4,7-8,10H2. The third-order valence-corrected chi connectivity index (χ3v) is 3.28. The highest BCUT2D eigenvalue weighted by molar-refractivity contribution is 5.77. The van der Waals surface area contributed by atoms with Gasteiger partial charge in [0.25, 0.3) is 0 Å². The van der Waals surface area contributed by atoms with Crippen molar-refractivity contribution in [3.63, 3.8) is 0 Å². The predicted molar refractivity (Wildman–Crippen MR) is 66.8 cm³/mol. The lowest BCUT2D eigenvalue weighted by atomic mass is 10.0. The first kappa shape index (κ1) is 10.6. The van der Waals surface area contributed by atoms with E-state index in [1.807, 2.05) is 30.5 Å². The highest BCUT2D eigenvalue weighted by atomic mass is 16.7. The number of rotatable bonds is 3. The lowest BCUT2D eigenvalue weighted by Gasteiger charge is -2.22. The SMILES string of the molecule is c1ccc2c(c1)cnn2OCC1CCCNC1. The van der Waals surface area contributed by atoms with Crippen molar-refractivity contribution >= 4 is 10.9 Å². The smallest absolute Gasteiger partial charge is 0.121 e. The molecule has 1 unspecified atom stereocenters. The van der Waals surface area contributed by atoms with Crippen molar-refractivity contribution in [2.45, 2.75) is 12.8 Å². The van der Waals surface area contributed by atoms with E-state index < -0.39 is 0 Å². The predicted octanol–water partition coefficient (Wildman–Crippen LogP) is 1.46. The molecule has 4 nitrogen and oxygen atoms in total. The summed E-state index contributed by atoms with van der Waals surface area (Å²) < 4.78 is 0. The molecule has 1 N–H and O–H groups in total. The summed E-state index contributed by atoms with van der Waals surface area (Å²) >= 11 is 0. The largest absolute Gasteiger partial charge is 0.396 e. The van der Waals surface area contributed by atoms with Gasteiger partial charge < -0.3 is 10.2 Å². The Kier molecular flexibility index (Phi) is 2.96. The van der Waals surface area contributed by atoms with Gasteiger partial charge >= 0.3 is 0 Å². The van der Waals surface area contributed by atoms with E-state index in [1.165, 1.54) is 12.8 Å². The van der Waals surface area contributed by atoms with Gasteiger partial charge in [0.1, 0.15) is 12.1 Å². The number of hydrogen-bond donors (Lipinski definition) is 1. The van der Waals surface area contributed by atoms with Gasteiger partial charge in [-0.25, -0.2) is 0 Å². The van der Waals surface area contributed by atoms with Crippen molar-refractivity contribution < 1.29 is 4.84 Å². The van der Waals surface area contributed by atoms with Gasteiger partial charge in [-0.15, -0.1) is 5.10 Å². The van der Waals surface area contributed by atoms with Crippen molar-refractivity contribution in [3.8, 4) is 0 Å². The maximum atomic E-state index is 5.76. The second-order valence-corrected chi connectivity index (χ2v) is 4.58. The van der Waals surface area contributed by atoms with E-state index >= 15 is 0 Å². The minimum atomic E-state index is 0.603. The Bertz CT molecular complexity index is 488. The van der Waals surface area contributed by atoms with Crippen molar-refractivity contribution in [1.82, 2.24) is 15.3 Å². The van der Waals surface area contributed by atoms with Gasteiger partial charge in [0.05, 0.1) is 6.20 Å². The molecule has 0 amide bonds. The molecular formula is C13H17N3O. The number of aromatic nitrogens is 2. The molecule has 3 rings (SSSR count). The monoisotopic (exact) mass is 231 g/mol. The number of nitrogens with one attached hydrogen (secondary N) is 1. The van der Waals surface area contributed by atoms with E-state index in [0.29, 0.717) is 5.92 Å². The Labute approximate surface area is 101 Å². The number of piperidine rings is 1.